The topological polar surface area (TPSA) is 100 Å². The van der Waals surface area contributed by atoms with Gasteiger partial charge in [-0.05, 0) is 51.1 Å². The fraction of sp³-hybridized carbons (Fsp3) is 0.250. The van der Waals surface area contributed by atoms with Crippen molar-refractivity contribution in [2.24, 2.45) is 0 Å². The van der Waals surface area contributed by atoms with Gasteiger partial charge in [-0.25, -0.2) is 4.57 Å². The molecule has 1 fully saturated rings. The van der Waals surface area contributed by atoms with Gasteiger partial charge in [0.1, 0.15) is 42.4 Å². The smallest absolute Gasteiger partial charge is 0.475 e. The molecule has 6 atom stereocenters. The van der Waals surface area contributed by atoms with Gasteiger partial charge in [-0.3, -0.25) is 13.6 Å². The Labute approximate surface area is 393 Å². The van der Waals surface area contributed by atoms with Gasteiger partial charge in [-0.15, -0.1) is 0 Å². The number of ether oxygens (including phenoxy) is 6. The lowest BCUT2D eigenvalue weighted by Crippen LogP contribution is -2.67. The van der Waals surface area contributed by atoms with Crippen molar-refractivity contribution in [1.82, 2.24) is 0 Å². The van der Waals surface area contributed by atoms with Crippen LogP contribution in [0.25, 0.3) is 0 Å². The van der Waals surface area contributed by atoms with Crippen molar-refractivity contribution >= 4 is 7.82 Å². The van der Waals surface area contributed by atoms with Crippen LogP contribution >= 0.6 is 7.82 Å². The summed E-state index contributed by atoms with van der Waals surface area (Å²) >= 11 is 0. The summed E-state index contributed by atoms with van der Waals surface area (Å²) in [6, 6.07) is 66.2. The minimum absolute atomic E-state index is 0.0567. The average Bonchev–Trinajstić information content (AvgIpc) is 3.39. The zero-order valence-electron chi connectivity index (χ0n) is 37.6. The molecule has 1 aliphatic carbocycles. The van der Waals surface area contributed by atoms with E-state index < -0.39 is 44.4 Å². The van der Waals surface area contributed by atoms with Gasteiger partial charge in [-0.1, -0.05) is 194 Å². The average molecular weight is 921 g/mol. The molecule has 0 N–H and O–H groups in total. The van der Waals surface area contributed by atoms with Crippen molar-refractivity contribution in [2.75, 3.05) is 7.11 Å². The molecule has 11 heteroatoms. The Balaban J connectivity index is 1.25. The molecule has 0 saturated heterocycles. The van der Waals surface area contributed by atoms with Crippen LogP contribution in [0.1, 0.15) is 38.9 Å². The summed E-state index contributed by atoms with van der Waals surface area (Å²) in [5.41, 5.74) is 6.16. The van der Waals surface area contributed by atoms with E-state index in [1.165, 1.54) is 0 Å². The zero-order chi connectivity index (χ0) is 45.9. The summed E-state index contributed by atoms with van der Waals surface area (Å²) in [5.74, 6) is 0.720. The molecule has 1 aliphatic rings. The molecular formula is C56H57O10P. The largest absolute Gasteiger partial charge is 0.497 e. The highest BCUT2D eigenvalue weighted by Gasteiger charge is 2.57. The molecule has 0 aromatic heterocycles. The number of methoxy groups -OCH3 is 1. The van der Waals surface area contributed by atoms with Crippen LogP contribution in [0.3, 0.4) is 0 Å². The number of rotatable bonds is 24. The molecule has 10 nitrogen and oxygen atoms in total. The molecule has 8 rings (SSSR count). The summed E-state index contributed by atoms with van der Waals surface area (Å²) in [6.45, 7) is 0.774. The molecule has 0 heterocycles. The molecule has 0 aliphatic heterocycles. The van der Waals surface area contributed by atoms with Gasteiger partial charge in [0.05, 0.1) is 53.4 Å². The molecule has 0 spiro atoms. The predicted octanol–water partition coefficient (Wildman–Crippen LogP) is 11.9. The number of hydrogen-bond acceptors (Lipinski definition) is 10. The van der Waals surface area contributed by atoms with Crippen molar-refractivity contribution in [2.45, 2.75) is 82.9 Å². The second-order valence-electron chi connectivity index (χ2n) is 16.2. The molecule has 7 aromatic carbocycles. The number of phosphoric ester groups is 1. The van der Waals surface area contributed by atoms with E-state index in [1.54, 1.807) is 7.11 Å². The quantitative estimate of drug-likeness (QED) is 0.0545. The fourth-order valence-electron chi connectivity index (χ4n) is 7.87. The van der Waals surface area contributed by atoms with E-state index in [9.17, 15) is 0 Å². The number of benzene rings is 7. The van der Waals surface area contributed by atoms with Crippen LogP contribution in [-0.4, -0.2) is 43.7 Å². The first-order valence-electron chi connectivity index (χ1n) is 22.5. The van der Waals surface area contributed by atoms with E-state index in [2.05, 4.69) is 0 Å². The van der Waals surface area contributed by atoms with Gasteiger partial charge in [0.25, 0.3) is 0 Å². The molecule has 1 saturated carbocycles. The van der Waals surface area contributed by atoms with Crippen molar-refractivity contribution in [3.8, 4) is 5.75 Å². The highest BCUT2D eigenvalue weighted by molar-refractivity contribution is 7.48. The molecule has 0 radical (unpaired) electrons. The maximum absolute atomic E-state index is 15.6. The monoisotopic (exact) mass is 920 g/mol. The minimum Gasteiger partial charge on any atom is -0.497 e. The molecular weight excluding hydrogens is 864 g/mol. The standard InChI is InChI=1S/C56H57O10P/c1-58-50-34-32-49(33-35-50)40-61-53-51(59-36-43-20-8-2-9-21-43)52(60-37-44-22-10-3-11-23-44)54(62-38-45-24-12-4-13-25-45)56(55(53)63-39-46-26-14-5-15-27-46)66-67(57,64-41-47-28-16-6-17-29-47)65-42-48-30-18-7-19-31-48/h2-35,51-56H,36-42H2,1H3/t51-,52+,53-,54-,55+,56+/m1/s1. The Morgan fingerprint density at radius 3 is 0.821 bits per heavy atom. The van der Waals surface area contributed by atoms with E-state index in [1.807, 2.05) is 206 Å². The van der Waals surface area contributed by atoms with Crippen molar-refractivity contribution in [3.05, 3.63) is 245 Å². The second-order valence-corrected chi connectivity index (χ2v) is 17.8. The summed E-state index contributed by atoms with van der Waals surface area (Å²) in [7, 11) is -2.88. The van der Waals surface area contributed by atoms with Gasteiger partial charge in [0.15, 0.2) is 0 Å². The van der Waals surface area contributed by atoms with Gasteiger partial charge >= 0.3 is 7.82 Å². The van der Waals surface area contributed by atoms with Crippen LogP contribution in [0.2, 0.25) is 0 Å². The second kappa shape index (κ2) is 24.9. The molecule has 0 bridgehead atoms. The SMILES string of the molecule is COc1ccc(CO[C@@H]2[C@H](OCc3ccccc3)[C@H](OCc3ccccc3)[C@@H](OCc3ccccc3)[C@H](OP(=O)(OCc3ccccc3)OCc3ccccc3)[C@H]2OCc2ccccc2)cc1. The van der Waals surface area contributed by atoms with E-state index in [0.717, 1.165) is 44.7 Å². The minimum atomic E-state index is -4.51. The molecule has 67 heavy (non-hydrogen) atoms. The molecule has 7 aromatic rings. The van der Waals surface area contributed by atoms with Crippen molar-refractivity contribution < 1.29 is 46.6 Å². The van der Waals surface area contributed by atoms with Gasteiger partial charge < -0.3 is 28.4 Å². The lowest BCUT2D eigenvalue weighted by molar-refractivity contribution is -0.280. The Kier molecular flexibility index (Phi) is 17.7. The Morgan fingerprint density at radius 2 is 0.552 bits per heavy atom. The fourth-order valence-corrected chi connectivity index (χ4v) is 9.22. The normalized spacial score (nSPS) is 19.5. The van der Waals surface area contributed by atoms with Crippen LogP contribution in [-0.2, 0) is 88.1 Å². The first-order chi connectivity index (χ1) is 33.0. The van der Waals surface area contributed by atoms with Crippen LogP contribution in [0.4, 0.5) is 0 Å². The third kappa shape index (κ3) is 14.1. The number of phosphoric acid groups is 1. The number of hydrogen-bond donors (Lipinski definition) is 0. The van der Waals surface area contributed by atoms with E-state index in [-0.39, 0.29) is 46.2 Å². The zero-order valence-corrected chi connectivity index (χ0v) is 38.5. The van der Waals surface area contributed by atoms with Crippen LogP contribution in [0.5, 0.6) is 5.75 Å². The van der Waals surface area contributed by atoms with Crippen molar-refractivity contribution in [3.63, 3.8) is 0 Å². The third-order valence-corrected chi connectivity index (χ3v) is 12.8. The van der Waals surface area contributed by atoms with E-state index in [0.29, 0.717) is 0 Å². The van der Waals surface area contributed by atoms with Gasteiger partial charge in [0, 0.05) is 0 Å². The first kappa shape index (κ1) is 47.7. The Bertz CT molecular complexity index is 2460. The summed E-state index contributed by atoms with van der Waals surface area (Å²) in [5, 5.41) is 0. The lowest BCUT2D eigenvalue weighted by Gasteiger charge is -2.50. The predicted molar refractivity (Wildman–Crippen MR) is 257 cm³/mol. The summed E-state index contributed by atoms with van der Waals surface area (Å²) in [4.78, 5) is 0. The summed E-state index contributed by atoms with van der Waals surface area (Å²) < 4.78 is 75.9. The van der Waals surface area contributed by atoms with Crippen LogP contribution < -0.4 is 4.74 Å². The molecule has 346 valence electrons. The van der Waals surface area contributed by atoms with Gasteiger partial charge in [0.2, 0.25) is 0 Å². The van der Waals surface area contributed by atoms with Crippen molar-refractivity contribution in [1.29, 1.82) is 0 Å². The van der Waals surface area contributed by atoms with E-state index in [4.69, 9.17) is 42.0 Å². The maximum Gasteiger partial charge on any atom is 0.475 e. The first-order valence-corrected chi connectivity index (χ1v) is 24.0. The third-order valence-electron chi connectivity index (χ3n) is 11.4. The summed E-state index contributed by atoms with van der Waals surface area (Å²) in [6.07, 6.45) is -5.76. The Morgan fingerprint density at radius 1 is 0.313 bits per heavy atom. The molecule has 0 unspecified atom stereocenters. The van der Waals surface area contributed by atoms with Crippen LogP contribution in [0.15, 0.2) is 206 Å². The highest BCUT2D eigenvalue weighted by atomic mass is 31.2. The molecule has 0 amide bonds. The maximum atomic E-state index is 15.6. The van der Waals surface area contributed by atoms with Crippen LogP contribution in [0, 0.1) is 0 Å². The van der Waals surface area contributed by atoms with Gasteiger partial charge in [-0.2, -0.15) is 0 Å². The Hall–Kier alpha value is -5.75. The lowest BCUT2D eigenvalue weighted by atomic mass is 9.83. The van der Waals surface area contributed by atoms with E-state index >= 15 is 4.57 Å². The highest BCUT2D eigenvalue weighted by Crippen LogP contribution is 2.54.